The first-order valence-electron chi connectivity index (χ1n) is 10.1. The van der Waals surface area contributed by atoms with Gasteiger partial charge in [0, 0.05) is 12.1 Å². The van der Waals surface area contributed by atoms with E-state index in [2.05, 4.69) is 26.1 Å². The number of ketones is 1. The van der Waals surface area contributed by atoms with Crippen LogP contribution >= 0.6 is 11.6 Å². The summed E-state index contributed by atoms with van der Waals surface area (Å²) < 4.78 is 5.76. The zero-order chi connectivity index (χ0) is 22.4. The van der Waals surface area contributed by atoms with Gasteiger partial charge in [-0.25, -0.2) is 0 Å². The summed E-state index contributed by atoms with van der Waals surface area (Å²) >= 11 is 6.32. The van der Waals surface area contributed by atoms with Crippen molar-refractivity contribution in [3.05, 3.63) is 94.5 Å². The molecule has 0 radical (unpaired) electrons. The Kier molecular flexibility index (Phi) is 7.13. The van der Waals surface area contributed by atoms with Crippen LogP contribution in [0.5, 0.6) is 5.75 Å². The van der Waals surface area contributed by atoms with Crippen LogP contribution in [0.2, 0.25) is 5.02 Å². The number of Topliss-reactive ketones (excluding diaryl/α,β-unsaturated/α-hetero) is 1. The summed E-state index contributed by atoms with van der Waals surface area (Å²) in [5.74, 6) is -0.639. The highest BCUT2D eigenvalue weighted by Gasteiger charge is 2.21. The molecule has 0 aliphatic rings. The molecule has 0 unspecified atom stereocenters. The van der Waals surface area contributed by atoms with Gasteiger partial charge < -0.3 is 10.1 Å². The number of ether oxygens (including phenoxy) is 1. The molecule has 0 fully saturated rings. The summed E-state index contributed by atoms with van der Waals surface area (Å²) in [6.07, 6.45) is -0.0395. The summed E-state index contributed by atoms with van der Waals surface area (Å²) in [6.45, 7) is 6.57. The third kappa shape index (κ3) is 6.19. The van der Waals surface area contributed by atoms with Crippen molar-refractivity contribution in [1.29, 1.82) is 0 Å². The topological polar surface area (TPSA) is 55.4 Å². The number of carbonyl (C=O) groups is 2. The number of rotatable bonds is 7. The number of anilines is 1. The lowest BCUT2D eigenvalue weighted by molar-refractivity contribution is -0.134. The van der Waals surface area contributed by atoms with E-state index in [1.165, 1.54) is 0 Å². The van der Waals surface area contributed by atoms with Crippen LogP contribution < -0.4 is 10.1 Å². The summed E-state index contributed by atoms with van der Waals surface area (Å²) in [7, 11) is 0. The van der Waals surface area contributed by atoms with E-state index < -0.39 is 11.7 Å². The minimum absolute atomic E-state index is 0.0395. The van der Waals surface area contributed by atoms with Crippen molar-refractivity contribution in [2.24, 2.45) is 0 Å². The van der Waals surface area contributed by atoms with Crippen LogP contribution in [0.15, 0.2) is 72.8 Å². The first-order chi connectivity index (χ1) is 14.7. The van der Waals surface area contributed by atoms with Crippen LogP contribution in [-0.4, -0.2) is 11.7 Å². The maximum absolute atomic E-state index is 12.5. The predicted octanol–water partition coefficient (Wildman–Crippen LogP) is 5.97. The number of carbonyl (C=O) groups excluding carboxylic acids is 2. The van der Waals surface area contributed by atoms with Gasteiger partial charge in [0.05, 0.1) is 5.02 Å². The van der Waals surface area contributed by atoms with E-state index in [4.69, 9.17) is 16.3 Å². The van der Waals surface area contributed by atoms with Crippen LogP contribution in [0, 0.1) is 0 Å². The second kappa shape index (κ2) is 9.80. The lowest BCUT2D eigenvalue weighted by atomic mass is 9.86. The van der Waals surface area contributed by atoms with Crippen molar-refractivity contribution in [2.75, 3.05) is 5.32 Å². The molecule has 1 amide bonds. The number of hydrogen-bond acceptors (Lipinski definition) is 3. The van der Waals surface area contributed by atoms with Gasteiger partial charge in [-0.05, 0) is 40.3 Å². The Morgan fingerprint density at radius 3 is 2.26 bits per heavy atom. The zero-order valence-electron chi connectivity index (χ0n) is 17.9. The lowest BCUT2D eigenvalue weighted by Crippen LogP contribution is -2.26. The molecule has 3 rings (SSSR count). The molecule has 0 saturated heterocycles. The summed E-state index contributed by atoms with van der Waals surface area (Å²) in [5.41, 5.74) is 3.15. The standard InChI is InChI=1S/C26H26ClNO3/c1-26(2,3)20-11-7-8-12-22(20)28-25(30)23(29)16-19-13-14-24(21(27)15-19)31-17-18-9-5-4-6-10-18/h4-15H,16-17H2,1-3H3,(H,28,30). The first-order valence-corrected chi connectivity index (χ1v) is 10.5. The quantitative estimate of drug-likeness (QED) is 0.465. The Balaban J connectivity index is 1.63. The molecule has 4 nitrogen and oxygen atoms in total. The number of para-hydroxylation sites is 1. The molecular weight excluding hydrogens is 410 g/mol. The van der Waals surface area contributed by atoms with Gasteiger partial charge >= 0.3 is 0 Å². The molecule has 0 bridgehead atoms. The smallest absolute Gasteiger partial charge is 0.292 e. The summed E-state index contributed by atoms with van der Waals surface area (Å²) in [4.78, 5) is 25.0. The number of hydrogen-bond donors (Lipinski definition) is 1. The average Bonchev–Trinajstić information content (AvgIpc) is 2.73. The van der Waals surface area contributed by atoms with Crippen LogP contribution in [0.4, 0.5) is 5.69 Å². The Hall–Kier alpha value is -3.11. The Morgan fingerprint density at radius 1 is 0.903 bits per heavy atom. The van der Waals surface area contributed by atoms with Crippen LogP contribution in [0.1, 0.15) is 37.5 Å². The van der Waals surface area contributed by atoms with Gasteiger partial charge in [-0.3, -0.25) is 9.59 Å². The van der Waals surface area contributed by atoms with Crippen LogP contribution in [-0.2, 0) is 28.0 Å². The summed E-state index contributed by atoms with van der Waals surface area (Å²) in [6, 6.07) is 22.4. The monoisotopic (exact) mass is 435 g/mol. The molecular formula is C26H26ClNO3. The molecule has 5 heteroatoms. The van der Waals surface area contributed by atoms with Gasteiger partial charge in [-0.1, -0.05) is 87.0 Å². The molecule has 0 atom stereocenters. The van der Waals surface area contributed by atoms with Crippen LogP contribution in [0.3, 0.4) is 0 Å². The van der Waals surface area contributed by atoms with Crippen molar-refractivity contribution in [3.8, 4) is 5.75 Å². The Bertz CT molecular complexity index is 1070. The molecule has 3 aromatic carbocycles. The maximum atomic E-state index is 12.5. The van der Waals surface area contributed by atoms with E-state index in [1.807, 2.05) is 54.6 Å². The van der Waals surface area contributed by atoms with E-state index in [9.17, 15) is 9.59 Å². The predicted molar refractivity (Wildman–Crippen MR) is 125 cm³/mol. The molecule has 0 spiro atoms. The largest absolute Gasteiger partial charge is 0.487 e. The third-order valence-corrected chi connectivity index (χ3v) is 5.13. The molecule has 0 heterocycles. The number of halogens is 1. The van der Waals surface area contributed by atoms with E-state index in [0.717, 1.165) is 11.1 Å². The highest BCUT2D eigenvalue weighted by molar-refractivity contribution is 6.41. The van der Waals surface area contributed by atoms with Crippen molar-refractivity contribution < 1.29 is 14.3 Å². The minimum atomic E-state index is -0.641. The second-order valence-electron chi connectivity index (χ2n) is 8.39. The highest BCUT2D eigenvalue weighted by atomic mass is 35.5. The van der Waals surface area contributed by atoms with Crippen molar-refractivity contribution in [3.63, 3.8) is 0 Å². The third-order valence-electron chi connectivity index (χ3n) is 4.83. The van der Waals surface area contributed by atoms with Gasteiger partial charge in [0.15, 0.2) is 0 Å². The van der Waals surface area contributed by atoms with Crippen molar-refractivity contribution in [2.45, 2.75) is 39.2 Å². The molecule has 1 N–H and O–H groups in total. The number of amides is 1. The zero-order valence-corrected chi connectivity index (χ0v) is 18.7. The molecule has 0 aliphatic carbocycles. The van der Waals surface area contributed by atoms with Gasteiger partial charge in [-0.15, -0.1) is 0 Å². The fraction of sp³-hybridized carbons (Fsp3) is 0.231. The molecule has 160 valence electrons. The minimum Gasteiger partial charge on any atom is -0.487 e. The molecule has 3 aromatic rings. The maximum Gasteiger partial charge on any atom is 0.292 e. The van der Waals surface area contributed by atoms with E-state index >= 15 is 0 Å². The Morgan fingerprint density at radius 2 is 1.58 bits per heavy atom. The van der Waals surface area contributed by atoms with Crippen molar-refractivity contribution in [1.82, 2.24) is 0 Å². The van der Waals surface area contributed by atoms with Gasteiger partial charge in [0.25, 0.3) is 5.91 Å². The van der Waals surface area contributed by atoms with E-state index in [1.54, 1.807) is 18.2 Å². The van der Waals surface area contributed by atoms with Gasteiger partial charge in [0.2, 0.25) is 5.78 Å². The average molecular weight is 436 g/mol. The SMILES string of the molecule is CC(C)(C)c1ccccc1NC(=O)C(=O)Cc1ccc(OCc2ccccc2)c(Cl)c1. The second-order valence-corrected chi connectivity index (χ2v) is 8.80. The van der Waals surface area contributed by atoms with Gasteiger partial charge in [0.1, 0.15) is 12.4 Å². The van der Waals surface area contributed by atoms with E-state index in [-0.39, 0.29) is 11.8 Å². The van der Waals surface area contributed by atoms with Crippen molar-refractivity contribution >= 4 is 29.0 Å². The lowest BCUT2D eigenvalue weighted by Gasteiger charge is -2.22. The van der Waals surface area contributed by atoms with Gasteiger partial charge in [-0.2, -0.15) is 0 Å². The normalized spacial score (nSPS) is 11.1. The molecule has 0 saturated carbocycles. The highest BCUT2D eigenvalue weighted by Crippen LogP contribution is 2.29. The summed E-state index contributed by atoms with van der Waals surface area (Å²) in [5, 5.41) is 3.16. The number of benzene rings is 3. The molecule has 31 heavy (non-hydrogen) atoms. The molecule has 0 aromatic heterocycles. The fourth-order valence-corrected chi connectivity index (χ4v) is 3.47. The Labute approximate surface area is 188 Å². The van der Waals surface area contributed by atoms with Crippen LogP contribution in [0.25, 0.3) is 0 Å². The first kappa shape index (κ1) is 22.6. The fourth-order valence-electron chi connectivity index (χ4n) is 3.21. The molecule has 0 aliphatic heterocycles. The number of nitrogens with one attached hydrogen (secondary N) is 1. The van der Waals surface area contributed by atoms with E-state index in [0.29, 0.717) is 28.6 Å².